The van der Waals surface area contributed by atoms with E-state index in [1.54, 1.807) is 6.92 Å². The lowest BCUT2D eigenvalue weighted by molar-refractivity contribution is 0.102. The van der Waals surface area contributed by atoms with Gasteiger partial charge >= 0.3 is 0 Å². The second kappa shape index (κ2) is 5.97. The lowest BCUT2D eigenvalue weighted by Gasteiger charge is -2.12. The lowest BCUT2D eigenvalue weighted by atomic mass is 10.1. The minimum absolute atomic E-state index is 0.0272. The van der Waals surface area contributed by atoms with Crippen molar-refractivity contribution in [3.05, 3.63) is 64.7 Å². The highest BCUT2D eigenvalue weighted by Crippen LogP contribution is 2.20. The molecule has 0 aliphatic rings. The molecule has 2 aromatic carbocycles. The summed E-state index contributed by atoms with van der Waals surface area (Å²) >= 11 is 4.79. The molecule has 3 nitrogen and oxygen atoms in total. The maximum Gasteiger partial charge on any atom is 0.255 e. The van der Waals surface area contributed by atoms with Gasteiger partial charge in [-0.15, -0.1) is 0 Å². The largest absolute Gasteiger partial charge is 0.389 e. The van der Waals surface area contributed by atoms with Crippen molar-refractivity contribution in [2.45, 2.75) is 6.92 Å². The molecule has 0 heterocycles. The molecule has 108 valence electrons. The number of amides is 1. The highest BCUT2D eigenvalue weighted by Gasteiger charge is 2.15. The van der Waals surface area contributed by atoms with Crippen LogP contribution in [-0.2, 0) is 0 Å². The van der Waals surface area contributed by atoms with Gasteiger partial charge in [0.25, 0.3) is 5.91 Å². The number of hydrogen-bond donors (Lipinski definition) is 2. The van der Waals surface area contributed by atoms with Crippen LogP contribution in [0.15, 0.2) is 36.4 Å². The van der Waals surface area contributed by atoms with E-state index >= 15 is 0 Å². The Labute approximate surface area is 125 Å². The van der Waals surface area contributed by atoms with Gasteiger partial charge in [0.1, 0.15) is 16.6 Å². The molecule has 0 unspecified atom stereocenters. The predicted molar refractivity (Wildman–Crippen MR) is 81.4 cm³/mol. The smallest absolute Gasteiger partial charge is 0.255 e. The van der Waals surface area contributed by atoms with E-state index in [9.17, 15) is 13.6 Å². The van der Waals surface area contributed by atoms with Gasteiger partial charge in [-0.2, -0.15) is 0 Å². The van der Waals surface area contributed by atoms with E-state index in [1.165, 1.54) is 36.4 Å². The number of rotatable bonds is 3. The molecule has 0 bridgehead atoms. The summed E-state index contributed by atoms with van der Waals surface area (Å²) in [6, 6.07) is 7.92. The fourth-order valence-electron chi connectivity index (χ4n) is 1.95. The summed E-state index contributed by atoms with van der Waals surface area (Å²) in [5.41, 5.74) is 6.38. The summed E-state index contributed by atoms with van der Waals surface area (Å²) in [4.78, 5) is 12.0. The maximum atomic E-state index is 13.7. The van der Waals surface area contributed by atoms with Crippen LogP contribution in [-0.4, -0.2) is 10.9 Å². The van der Waals surface area contributed by atoms with Gasteiger partial charge < -0.3 is 11.1 Å². The van der Waals surface area contributed by atoms with Gasteiger partial charge in [-0.3, -0.25) is 4.79 Å². The highest BCUT2D eigenvalue weighted by molar-refractivity contribution is 7.80. The van der Waals surface area contributed by atoms with E-state index in [4.69, 9.17) is 18.0 Å². The molecule has 1 amide bonds. The van der Waals surface area contributed by atoms with Gasteiger partial charge in [0.2, 0.25) is 0 Å². The lowest BCUT2D eigenvalue weighted by Crippen LogP contribution is -2.19. The first-order valence-corrected chi connectivity index (χ1v) is 6.47. The predicted octanol–water partition coefficient (Wildman–Crippen LogP) is 3.16. The third-order valence-electron chi connectivity index (χ3n) is 2.94. The number of anilines is 1. The normalized spacial score (nSPS) is 10.2. The Balaban J connectivity index is 2.36. The Bertz CT molecular complexity index is 732. The van der Waals surface area contributed by atoms with Crippen LogP contribution >= 0.6 is 12.2 Å². The van der Waals surface area contributed by atoms with E-state index in [2.05, 4.69) is 5.32 Å². The fraction of sp³-hybridized carbons (Fsp3) is 0.0667. The number of nitrogens with two attached hydrogens (primary N) is 1. The molecular formula is C15H12F2N2OS. The first-order chi connectivity index (χ1) is 9.90. The van der Waals surface area contributed by atoms with E-state index in [1.807, 2.05) is 0 Å². The number of thiocarbonyl (C=S) groups is 1. The van der Waals surface area contributed by atoms with Crippen molar-refractivity contribution < 1.29 is 13.6 Å². The zero-order valence-electron chi connectivity index (χ0n) is 11.1. The van der Waals surface area contributed by atoms with Crippen LogP contribution in [0.1, 0.15) is 21.5 Å². The minimum atomic E-state index is -0.615. The third-order valence-corrected chi connectivity index (χ3v) is 3.15. The number of aryl methyl sites for hydroxylation is 1. The van der Waals surface area contributed by atoms with Crippen LogP contribution in [0.25, 0.3) is 0 Å². The molecule has 0 fully saturated rings. The van der Waals surface area contributed by atoms with Crippen molar-refractivity contribution in [1.29, 1.82) is 0 Å². The SMILES string of the molecule is Cc1cc(F)ccc1C(=O)Nc1cccc(F)c1C(N)=S. The summed E-state index contributed by atoms with van der Waals surface area (Å²) in [5.74, 6) is -1.54. The summed E-state index contributed by atoms with van der Waals surface area (Å²) in [5, 5.41) is 2.54. The molecule has 3 N–H and O–H groups in total. The Hall–Kier alpha value is -2.34. The molecule has 0 atom stereocenters. The second-order valence-electron chi connectivity index (χ2n) is 4.44. The van der Waals surface area contributed by atoms with Crippen molar-refractivity contribution in [2.75, 3.05) is 5.32 Å². The van der Waals surface area contributed by atoms with Gasteiger partial charge in [0.05, 0.1) is 11.3 Å². The molecule has 0 spiro atoms. The molecule has 2 rings (SSSR count). The number of benzene rings is 2. The van der Waals surface area contributed by atoms with Gasteiger partial charge in [0, 0.05) is 5.56 Å². The van der Waals surface area contributed by atoms with Crippen LogP contribution in [0.2, 0.25) is 0 Å². The molecule has 6 heteroatoms. The molecule has 0 radical (unpaired) electrons. The van der Waals surface area contributed by atoms with Gasteiger partial charge in [-0.05, 0) is 42.8 Å². The second-order valence-corrected chi connectivity index (χ2v) is 4.88. The van der Waals surface area contributed by atoms with Crippen molar-refractivity contribution in [3.8, 4) is 0 Å². The van der Waals surface area contributed by atoms with Gasteiger partial charge in [-0.1, -0.05) is 18.3 Å². The number of carbonyl (C=O) groups excluding carboxylic acids is 1. The zero-order chi connectivity index (χ0) is 15.6. The third kappa shape index (κ3) is 3.22. The Morgan fingerprint density at radius 2 is 1.95 bits per heavy atom. The van der Waals surface area contributed by atoms with Crippen LogP contribution in [0.5, 0.6) is 0 Å². The number of carbonyl (C=O) groups is 1. The molecule has 0 aromatic heterocycles. The van der Waals surface area contributed by atoms with Crippen molar-refractivity contribution in [2.24, 2.45) is 5.73 Å². The first-order valence-electron chi connectivity index (χ1n) is 6.06. The Morgan fingerprint density at radius 3 is 2.57 bits per heavy atom. The minimum Gasteiger partial charge on any atom is -0.389 e. The fourth-order valence-corrected chi connectivity index (χ4v) is 2.16. The molecular weight excluding hydrogens is 294 g/mol. The van der Waals surface area contributed by atoms with E-state index < -0.39 is 17.5 Å². The molecule has 0 saturated heterocycles. The quantitative estimate of drug-likeness (QED) is 0.857. The average molecular weight is 306 g/mol. The van der Waals surface area contributed by atoms with E-state index in [0.717, 1.165) is 0 Å². The summed E-state index contributed by atoms with van der Waals surface area (Å²) in [6.45, 7) is 1.61. The number of hydrogen-bond acceptors (Lipinski definition) is 2. The van der Waals surface area contributed by atoms with Crippen molar-refractivity contribution >= 4 is 28.8 Å². The Morgan fingerprint density at radius 1 is 1.24 bits per heavy atom. The van der Waals surface area contributed by atoms with Gasteiger partial charge in [0.15, 0.2) is 0 Å². The van der Waals surface area contributed by atoms with E-state index in [-0.39, 0.29) is 21.8 Å². The Kier molecular flexibility index (Phi) is 4.28. The van der Waals surface area contributed by atoms with Gasteiger partial charge in [-0.25, -0.2) is 8.78 Å². The summed E-state index contributed by atoms with van der Waals surface area (Å²) < 4.78 is 26.8. The summed E-state index contributed by atoms with van der Waals surface area (Å²) in [6.07, 6.45) is 0. The van der Waals surface area contributed by atoms with Crippen molar-refractivity contribution in [3.63, 3.8) is 0 Å². The van der Waals surface area contributed by atoms with Crippen LogP contribution in [0.3, 0.4) is 0 Å². The topological polar surface area (TPSA) is 55.1 Å². The molecule has 0 aliphatic carbocycles. The average Bonchev–Trinajstić information content (AvgIpc) is 2.37. The molecule has 2 aromatic rings. The van der Waals surface area contributed by atoms with E-state index in [0.29, 0.717) is 5.56 Å². The first kappa shape index (κ1) is 15.1. The summed E-state index contributed by atoms with van der Waals surface area (Å²) in [7, 11) is 0. The molecule has 0 aliphatic heterocycles. The maximum absolute atomic E-state index is 13.7. The van der Waals surface area contributed by atoms with Crippen molar-refractivity contribution in [1.82, 2.24) is 0 Å². The van der Waals surface area contributed by atoms with Crippen LogP contribution in [0.4, 0.5) is 14.5 Å². The highest BCUT2D eigenvalue weighted by atomic mass is 32.1. The number of halogens is 2. The standard InChI is InChI=1S/C15H12F2N2OS/c1-8-7-9(16)5-6-10(8)15(20)19-12-4-2-3-11(17)13(12)14(18)21/h2-7H,1H3,(H2,18,21)(H,19,20). The number of nitrogens with one attached hydrogen (secondary N) is 1. The molecule has 21 heavy (non-hydrogen) atoms. The zero-order valence-corrected chi connectivity index (χ0v) is 11.9. The molecule has 0 saturated carbocycles. The van der Waals surface area contributed by atoms with Crippen LogP contribution in [0, 0.1) is 18.6 Å². The van der Waals surface area contributed by atoms with Crippen LogP contribution < -0.4 is 11.1 Å². The monoisotopic (exact) mass is 306 g/mol.